The second kappa shape index (κ2) is 6.98. The molecule has 0 spiro atoms. The first-order chi connectivity index (χ1) is 14.5. The fourth-order valence-electron chi connectivity index (χ4n) is 3.67. The summed E-state index contributed by atoms with van der Waals surface area (Å²) in [7, 11) is 0. The minimum atomic E-state index is -0.986. The molecule has 4 aromatic rings. The van der Waals surface area contributed by atoms with Gasteiger partial charge in [-0.2, -0.15) is 0 Å². The van der Waals surface area contributed by atoms with Crippen LogP contribution in [-0.2, 0) is 0 Å². The Kier molecular flexibility index (Phi) is 4.27. The zero-order valence-corrected chi connectivity index (χ0v) is 16.1. The largest absolute Gasteiger partial charge is 0.451 e. The molecule has 2 aromatic carbocycles. The van der Waals surface area contributed by atoms with Crippen LogP contribution in [0.25, 0.3) is 22.1 Å². The van der Waals surface area contributed by atoms with Gasteiger partial charge in [-0.15, -0.1) is 0 Å². The molecule has 7 nitrogen and oxygen atoms in total. The highest BCUT2D eigenvalue weighted by Crippen LogP contribution is 2.26. The van der Waals surface area contributed by atoms with Crippen LogP contribution in [0.3, 0.4) is 0 Å². The number of nitrogens with zero attached hydrogens (tertiary/aromatic N) is 2. The molecule has 0 bridgehead atoms. The van der Waals surface area contributed by atoms with Crippen molar-refractivity contribution in [3.8, 4) is 0 Å². The fraction of sp³-hybridized carbons (Fsp3) is 0.227. The van der Waals surface area contributed by atoms with Crippen molar-refractivity contribution in [3.05, 3.63) is 59.7 Å². The van der Waals surface area contributed by atoms with Crippen LogP contribution >= 0.6 is 0 Å². The molecule has 3 heterocycles. The number of anilines is 1. The second-order valence-electron chi connectivity index (χ2n) is 7.37. The summed E-state index contributed by atoms with van der Waals surface area (Å²) >= 11 is 0. The summed E-state index contributed by atoms with van der Waals surface area (Å²) in [6, 6.07) is 11.8. The van der Waals surface area contributed by atoms with Crippen LogP contribution < -0.4 is 5.32 Å². The number of furan rings is 1. The molecule has 0 unspecified atom stereocenters. The van der Waals surface area contributed by atoms with Crippen LogP contribution in [0, 0.1) is 6.92 Å². The summed E-state index contributed by atoms with van der Waals surface area (Å²) in [5, 5.41) is 3.51. The van der Waals surface area contributed by atoms with Crippen molar-refractivity contribution < 1.29 is 22.8 Å². The van der Waals surface area contributed by atoms with Crippen LogP contribution in [-0.4, -0.2) is 41.0 Å². The van der Waals surface area contributed by atoms with Crippen LogP contribution in [0.2, 0.25) is 0 Å². The Morgan fingerprint density at radius 3 is 2.80 bits per heavy atom. The molecule has 1 aliphatic rings. The molecule has 0 saturated carbocycles. The van der Waals surface area contributed by atoms with E-state index in [1.54, 1.807) is 49.4 Å². The number of likely N-dealkylation sites (tertiary alicyclic amines) is 1. The van der Waals surface area contributed by atoms with E-state index in [0.717, 1.165) is 0 Å². The maximum atomic E-state index is 13.4. The average Bonchev–Trinajstić information content (AvgIpc) is 3.43. The van der Waals surface area contributed by atoms with Gasteiger partial charge in [0.15, 0.2) is 17.2 Å². The number of carbonyl (C=O) groups excluding carboxylic acids is 2. The van der Waals surface area contributed by atoms with Gasteiger partial charge in [0.05, 0.1) is 6.54 Å². The first kappa shape index (κ1) is 18.4. The number of nitrogens with one attached hydrogen (secondary N) is 1. The molecule has 1 saturated heterocycles. The minimum Gasteiger partial charge on any atom is -0.451 e. The summed E-state index contributed by atoms with van der Waals surface area (Å²) in [4.78, 5) is 30.8. The van der Waals surface area contributed by atoms with Crippen molar-refractivity contribution in [2.75, 3.05) is 18.4 Å². The van der Waals surface area contributed by atoms with E-state index in [-0.39, 0.29) is 24.1 Å². The number of halogens is 1. The molecule has 1 fully saturated rings. The third kappa shape index (κ3) is 3.30. The number of aromatic nitrogens is 1. The summed E-state index contributed by atoms with van der Waals surface area (Å²) in [6.07, 6.45) is -0.637. The van der Waals surface area contributed by atoms with Gasteiger partial charge < -0.3 is 19.1 Å². The van der Waals surface area contributed by atoms with Crippen molar-refractivity contribution in [1.29, 1.82) is 0 Å². The molecule has 1 aliphatic heterocycles. The lowest BCUT2D eigenvalue weighted by Gasteiger charge is -2.12. The van der Waals surface area contributed by atoms with E-state index >= 15 is 0 Å². The molecule has 30 heavy (non-hydrogen) atoms. The van der Waals surface area contributed by atoms with Crippen molar-refractivity contribution >= 4 is 39.6 Å². The summed E-state index contributed by atoms with van der Waals surface area (Å²) in [5.41, 5.74) is 2.76. The van der Waals surface area contributed by atoms with Crippen molar-refractivity contribution in [1.82, 2.24) is 9.88 Å². The first-order valence-corrected chi connectivity index (χ1v) is 9.62. The van der Waals surface area contributed by atoms with Gasteiger partial charge in [-0.05, 0) is 48.9 Å². The molecule has 0 aliphatic carbocycles. The highest BCUT2D eigenvalue weighted by Gasteiger charge is 2.28. The molecule has 1 N–H and O–H groups in total. The van der Waals surface area contributed by atoms with E-state index in [2.05, 4.69) is 10.3 Å². The lowest BCUT2D eigenvalue weighted by atomic mass is 10.1. The SMILES string of the molecule is Cc1nc2ccc(C(=O)Nc3ccc4oc(C(=O)N5CC[C@H](F)C5)cc4c3)cc2o1. The number of amides is 2. The average molecular weight is 407 g/mol. The van der Waals surface area contributed by atoms with Gasteiger partial charge in [0, 0.05) is 30.1 Å². The number of alkyl halides is 1. The van der Waals surface area contributed by atoms with Gasteiger partial charge in [0.1, 0.15) is 17.3 Å². The second-order valence-corrected chi connectivity index (χ2v) is 7.37. The van der Waals surface area contributed by atoms with E-state index in [9.17, 15) is 14.0 Å². The van der Waals surface area contributed by atoms with Crippen molar-refractivity contribution in [2.24, 2.45) is 0 Å². The van der Waals surface area contributed by atoms with Gasteiger partial charge in [-0.25, -0.2) is 9.37 Å². The Labute approximate surface area is 170 Å². The number of hydrogen-bond donors (Lipinski definition) is 1. The minimum absolute atomic E-state index is 0.0895. The first-order valence-electron chi connectivity index (χ1n) is 9.62. The maximum Gasteiger partial charge on any atom is 0.289 e. The Hall–Kier alpha value is -3.68. The molecule has 5 rings (SSSR count). The predicted octanol–water partition coefficient (Wildman–Crippen LogP) is 4.32. The number of aryl methyl sites for hydroxylation is 1. The third-order valence-electron chi connectivity index (χ3n) is 5.16. The predicted molar refractivity (Wildman–Crippen MR) is 108 cm³/mol. The number of carbonyl (C=O) groups is 2. The molecule has 0 radical (unpaired) electrons. The number of fused-ring (bicyclic) bond motifs is 2. The molecular weight excluding hydrogens is 389 g/mol. The lowest BCUT2D eigenvalue weighted by molar-refractivity contribution is 0.0753. The van der Waals surface area contributed by atoms with E-state index in [1.165, 1.54) is 4.90 Å². The molecule has 8 heteroatoms. The topological polar surface area (TPSA) is 88.6 Å². The number of hydrogen-bond acceptors (Lipinski definition) is 5. The molecule has 152 valence electrons. The molecular formula is C22H18FN3O4. The van der Waals surface area contributed by atoms with Gasteiger partial charge in [-0.3, -0.25) is 9.59 Å². The maximum absolute atomic E-state index is 13.4. The van der Waals surface area contributed by atoms with Crippen LogP contribution in [0.4, 0.5) is 10.1 Å². The van der Waals surface area contributed by atoms with Gasteiger partial charge in [0.2, 0.25) is 0 Å². The van der Waals surface area contributed by atoms with Crippen LogP contribution in [0.5, 0.6) is 0 Å². The third-order valence-corrected chi connectivity index (χ3v) is 5.16. The highest BCUT2D eigenvalue weighted by atomic mass is 19.1. The fourth-order valence-corrected chi connectivity index (χ4v) is 3.67. The van der Waals surface area contributed by atoms with E-state index in [4.69, 9.17) is 8.83 Å². The van der Waals surface area contributed by atoms with E-state index < -0.39 is 6.17 Å². The Morgan fingerprint density at radius 2 is 2.00 bits per heavy atom. The molecule has 1 atom stereocenters. The van der Waals surface area contributed by atoms with Crippen molar-refractivity contribution in [3.63, 3.8) is 0 Å². The highest BCUT2D eigenvalue weighted by molar-refractivity contribution is 6.06. The zero-order chi connectivity index (χ0) is 20.8. The normalized spacial score (nSPS) is 16.5. The van der Waals surface area contributed by atoms with Crippen LogP contribution in [0.15, 0.2) is 51.3 Å². The number of oxazole rings is 1. The van der Waals surface area contributed by atoms with E-state index in [0.29, 0.717) is 52.2 Å². The summed E-state index contributed by atoms with van der Waals surface area (Å²) in [5.74, 6) is 0.0757. The Balaban J connectivity index is 1.36. The monoisotopic (exact) mass is 407 g/mol. The van der Waals surface area contributed by atoms with Gasteiger partial charge >= 0.3 is 0 Å². The zero-order valence-electron chi connectivity index (χ0n) is 16.1. The van der Waals surface area contributed by atoms with Gasteiger partial charge in [-0.1, -0.05) is 0 Å². The molecule has 2 amide bonds. The number of benzene rings is 2. The molecule has 2 aromatic heterocycles. The smallest absolute Gasteiger partial charge is 0.289 e. The van der Waals surface area contributed by atoms with E-state index in [1.807, 2.05) is 0 Å². The Morgan fingerprint density at radius 1 is 1.13 bits per heavy atom. The van der Waals surface area contributed by atoms with Crippen LogP contribution in [0.1, 0.15) is 33.2 Å². The standard InChI is InChI=1S/C22H18FN3O4/c1-12-24-17-4-2-13(9-19(17)29-12)21(27)25-16-3-5-18-14(8-16)10-20(30-18)22(28)26-7-6-15(23)11-26/h2-5,8-10,15H,6-7,11H2,1H3,(H,25,27)/t15-/m0/s1. The summed E-state index contributed by atoms with van der Waals surface area (Å²) in [6.45, 7) is 2.22. The van der Waals surface area contributed by atoms with Gasteiger partial charge in [0.25, 0.3) is 11.8 Å². The Bertz CT molecular complexity index is 1290. The van der Waals surface area contributed by atoms with Crippen molar-refractivity contribution in [2.45, 2.75) is 19.5 Å². The quantitative estimate of drug-likeness (QED) is 0.546. The summed E-state index contributed by atoms with van der Waals surface area (Å²) < 4.78 is 24.5. The lowest BCUT2D eigenvalue weighted by Crippen LogP contribution is -2.28. The number of rotatable bonds is 3.